The van der Waals surface area contributed by atoms with Crippen LogP contribution in [0.4, 0.5) is 0 Å². The van der Waals surface area contributed by atoms with Gasteiger partial charge in [-0.1, -0.05) is 60.7 Å². The van der Waals surface area contributed by atoms with Gasteiger partial charge in [0.1, 0.15) is 35.9 Å². The Hall–Kier alpha value is -2.94. The lowest BCUT2D eigenvalue weighted by Crippen LogP contribution is -2.63. The van der Waals surface area contributed by atoms with Crippen LogP contribution in [0.15, 0.2) is 84.9 Å². The molecule has 0 saturated carbocycles. The Morgan fingerprint density at radius 2 is 1.53 bits per heavy atom. The third-order valence-corrected chi connectivity index (χ3v) is 5.98. The van der Waals surface area contributed by atoms with Crippen LogP contribution >= 0.6 is 0 Å². The monoisotopic (exact) mass is 464 g/mol. The predicted molar refractivity (Wildman–Crippen MR) is 123 cm³/mol. The zero-order chi connectivity index (χ0) is 23.3. The van der Waals surface area contributed by atoms with Gasteiger partial charge >= 0.3 is 0 Å². The number of aliphatic hydroxyl groups is 1. The van der Waals surface area contributed by atoms with Crippen molar-refractivity contribution in [3.63, 3.8) is 0 Å². The number of benzene rings is 3. The van der Waals surface area contributed by atoms with Gasteiger partial charge in [-0.05, 0) is 29.8 Å². The lowest BCUT2D eigenvalue weighted by atomic mass is 9.97. The molecular formula is C27H28O7. The van der Waals surface area contributed by atoms with Crippen molar-refractivity contribution in [1.82, 2.24) is 0 Å². The molecule has 3 aromatic rings. The van der Waals surface area contributed by atoms with Crippen molar-refractivity contribution in [3.05, 3.63) is 96.1 Å². The zero-order valence-electron chi connectivity index (χ0n) is 18.9. The van der Waals surface area contributed by atoms with Crippen LogP contribution in [0, 0.1) is 0 Å². The second-order valence-electron chi connectivity index (χ2n) is 8.26. The van der Waals surface area contributed by atoms with Gasteiger partial charge in [0.2, 0.25) is 6.29 Å². The van der Waals surface area contributed by atoms with Crippen LogP contribution in [-0.2, 0) is 25.6 Å². The van der Waals surface area contributed by atoms with Crippen LogP contribution in [0.25, 0.3) is 0 Å². The van der Waals surface area contributed by atoms with E-state index in [0.717, 1.165) is 16.9 Å². The van der Waals surface area contributed by atoms with E-state index in [9.17, 15) is 5.11 Å². The molecule has 0 radical (unpaired) electrons. The average Bonchev–Trinajstić information content (AvgIpc) is 2.90. The summed E-state index contributed by atoms with van der Waals surface area (Å²) >= 11 is 0. The van der Waals surface area contributed by atoms with Gasteiger partial charge in [0, 0.05) is 5.56 Å². The Balaban J connectivity index is 1.34. The molecule has 7 nitrogen and oxygen atoms in total. The summed E-state index contributed by atoms with van der Waals surface area (Å²) in [5, 5.41) is 11.4. The van der Waals surface area contributed by atoms with Crippen molar-refractivity contribution in [2.75, 3.05) is 13.7 Å². The van der Waals surface area contributed by atoms with E-state index in [0.29, 0.717) is 12.4 Å². The topological polar surface area (TPSA) is 75.6 Å². The Kier molecular flexibility index (Phi) is 7.08. The number of methoxy groups -OCH3 is 1. The van der Waals surface area contributed by atoms with E-state index >= 15 is 0 Å². The van der Waals surface area contributed by atoms with Crippen LogP contribution < -0.4 is 9.47 Å². The number of rotatable bonds is 7. The molecule has 2 saturated heterocycles. The first-order valence-electron chi connectivity index (χ1n) is 11.3. The van der Waals surface area contributed by atoms with Crippen molar-refractivity contribution in [2.24, 2.45) is 0 Å². The summed E-state index contributed by atoms with van der Waals surface area (Å²) in [4.78, 5) is 0. The fourth-order valence-electron chi connectivity index (χ4n) is 4.17. The first kappa shape index (κ1) is 22.8. The summed E-state index contributed by atoms with van der Waals surface area (Å²) in [7, 11) is 1.61. The standard InChI is InChI=1S/C27H28O7/c1-29-20-12-14-21(15-13-20)32-27-25(30-16-18-8-4-2-5-9-18)23(28)24-22(33-27)17-31-26(34-24)19-10-6-3-7-11-19/h2-15,22-28H,16-17H2,1H3/t22-,23+,24-,25+,26?,27-/m1/s1. The second kappa shape index (κ2) is 10.5. The first-order valence-corrected chi connectivity index (χ1v) is 11.3. The van der Waals surface area contributed by atoms with E-state index < -0.39 is 37.0 Å². The van der Waals surface area contributed by atoms with E-state index in [1.165, 1.54) is 0 Å². The molecule has 1 N–H and O–H groups in total. The number of ether oxygens (including phenoxy) is 6. The Morgan fingerprint density at radius 1 is 0.853 bits per heavy atom. The molecular weight excluding hydrogens is 436 g/mol. The molecule has 1 unspecified atom stereocenters. The maximum Gasteiger partial charge on any atom is 0.229 e. The van der Waals surface area contributed by atoms with Crippen molar-refractivity contribution >= 4 is 0 Å². The number of hydrogen-bond acceptors (Lipinski definition) is 7. The largest absolute Gasteiger partial charge is 0.497 e. The second-order valence-corrected chi connectivity index (χ2v) is 8.26. The van der Waals surface area contributed by atoms with Gasteiger partial charge in [0.05, 0.1) is 20.3 Å². The molecule has 3 aromatic carbocycles. The fraction of sp³-hybridized carbons (Fsp3) is 0.333. The molecule has 0 amide bonds. The number of hydrogen-bond donors (Lipinski definition) is 1. The van der Waals surface area contributed by atoms with Crippen LogP contribution in [-0.4, -0.2) is 49.5 Å². The minimum Gasteiger partial charge on any atom is -0.497 e. The molecule has 0 aliphatic carbocycles. The third-order valence-electron chi connectivity index (χ3n) is 5.98. The highest BCUT2D eigenvalue weighted by atomic mass is 16.8. The van der Waals surface area contributed by atoms with Gasteiger partial charge < -0.3 is 33.5 Å². The van der Waals surface area contributed by atoms with E-state index in [2.05, 4.69) is 0 Å². The van der Waals surface area contributed by atoms with Gasteiger partial charge in [0.15, 0.2) is 6.29 Å². The highest BCUT2D eigenvalue weighted by Crippen LogP contribution is 2.36. The summed E-state index contributed by atoms with van der Waals surface area (Å²) in [5.74, 6) is 1.29. The van der Waals surface area contributed by atoms with Crippen LogP contribution in [0.3, 0.4) is 0 Å². The van der Waals surface area contributed by atoms with Crippen molar-refractivity contribution in [2.45, 2.75) is 43.6 Å². The van der Waals surface area contributed by atoms with E-state index in [-0.39, 0.29) is 6.61 Å². The Morgan fingerprint density at radius 3 is 2.24 bits per heavy atom. The van der Waals surface area contributed by atoms with Gasteiger partial charge in [-0.25, -0.2) is 0 Å². The van der Waals surface area contributed by atoms with Crippen LogP contribution in [0.2, 0.25) is 0 Å². The fourth-order valence-corrected chi connectivity index (χ4v) is 4.17. The van der Waals surface area contributed by atoms with E-state index in [1.807, 2.05) is 60.7 Å². The van der Waals surface area contributed by atoms with Crippen molar-refractivity contribution in [1.29, 1.82) is 0 Å². The molecule has 6 atom stereocenters. The predicted octanol–water partition coefficient (Wildman–Crippen LogP) is 3.86. The first-order chi connectivity index (χ1) is 16.7. The summed E-state index contributed by atoms with van der Waals surface area (Å²) in [6.45, 7) is 0.555. The summed E-state index contributed by atoms with van der Waals surface area (Å²) < 4.78 is 35.8. The van der Waals surface area contributed by atoms with E-state index in [1.54, 1.807) is 31.4 Å². The van der Waals surface area contributed by atoms with Crippen molar-refractivity contribution < 1.29 is 33.5 Å². The van der Waals surface area contributed by atoms with Gasteiger partial charge in [-0.3, -0.25) is 0 Å². The minimum atomic E-state index is -0.985. The molecule has 178 valence electrons. The smallest absolute Gasteiger partial charge is 0.229 e. The Bertz CT molecular complexity index is 1030. The highest BCUT2D eigenvalue weighted by Gasteiger charge is 2.51. The molecule has 2 fully saturated rings. The molecule has 0 spiro atoms. The number of fused-ring (bicyclic) bond motifs is 1. The highest BCUT2D eigenvalue weighted by molar-refractivity contribution is 5.31. The summed E-state index contributed by atoms with van der Waals surface area (Å²) in [6.07, 6.45) is -4.34. The van der Waals surface area contributed by atoms with Crippen LogP contribution in [0.1, 0.15) is 17.4 Å². The minimum absolute atomic E-state index is 0.259. The number of aliphatic hydroxyl groups excluding tert-OH is 1. The summed E-state index contributed by atoms with van der Waals surface area (Å²) in [5.41, 5.74) is 1.86. The molecule has 2 aliphatic heterocycles. The molecule has 2 heterocycles. The maximum atomic E-state index is 11.4. The molecule has 0 bridgehead atoms. The van der Waals surface area contributed by atoms with Gasteiger partial charge in [-0.15, -0.1) is 0 Å². The Labute approximate surface area is 198 Å². The molecule has 5 rings (SSSR count). The third kappa shape index (κ3) is 5.09. The van der Waals surface area contributed by atoms with Gasteiger partial charge in [0.25, 0.3) is 0 Å². The maximum absolute atomic E-state index is 11.4. The molecule has 2 aliphatic rings. The van der Waals surface area contributed by atoms with Crippen molar-refractivity contribution in [3.8, 4) is 11.5 Å². The molecule has 34 heavy (non-hydrogen) atoms. The quantitative estimate of drug-likeness (QED) is 0.569. The van der Waals surface area contributed by atoms with E-state index in [4.69, 9.17) is 28.4 Å². The summed E-state index contributed by atoms with van der Waals surface area (Å²) in [6, 6.07) is 26.6. The van der Waals surface area contributed by atoms with Crippen LogP contribution in [0.5, 0.6) is 11.5 Å². The zero-order valence-corrected chi connectivity index (χ0v) is 18.9. The average molecular weight is 465 g/mol. The lowest BCUT2D eigenvalue weighted by molar-refractivity contribution is -0.355. The SMILES string of the molecule is COc1ccc(O[C@@H]2O[C@@H]3COC(c4ccccc4)O[C@H]3[C@H](O)[C@@H]2OCc2ccccc2)cc1. The molecule has 0 aromatic heterocycles. The van der Waals surface area contributed by atoms with Gasteiger partial charge in [-0.2, -0.15) is 0 Å². The molecule has 7 heteroatoms. The normalized spacial score (nSPS) is 28.6. The lowest BCUT2D eigenvalue weighted by Gasteiger charge is -2.47.